The number of carbonyl (C=O) groups excluding carboxylic acids is 1. The van der Waals surface area contributed by atoms with Crippen LogP contribution in [0.2, 0.25) is 0 Å². The van der Waals surface area contributed by atoms with Gasteiger partial charge >= 0.3 is 0 Å². The number of hydrogen-bond acceptors (Lipinski definition) is 6. The SMILES string of the molecule is CCOc1ccc(S(=O)(=O)N(CC)CC(=O)Nc2ccc3c(c2)OCCO3)cc1C. The van der Waals surface area contributed by atoms with E-state index in [1.54, 1.807) is 44.2 Å². The molecule has 1 amide bonds. The number of hydrogen-bond donors (Lipinski definition) is 1. The number of likely N-dealkylation sites (N-methyl/N-ethyl adjacent to an activating group) is 1. The number of benzene rings is 2. The molecule has 3 rings (SSSR count). The molecule has 0 bridgehead atoms. The minimum absolute atomic E-state index is 0.123. The molecule has 0 radical (unpaired) electrons. The zero-order valence-corrected chi connectivity index (χ0v) is 18.1. The Kier molecular flexibility index (Phi) is 6.84. The molecular formula is C21H26N2O6S. The first-order valence-corrected chi connectivity index (χ1v) is 11.2. The lowest BCUT2D eigenvalue weighted by Crippen LogP contribution is -2.37. The van der Waals surface area contributed by atoms with Crippen LogP contribution < -0.4 is 19.5 Å². The smallest absolute Gasteiger partial charge is 0.243 e. The summed E-state index contributed by atoms with van der Waals surface area (Å²) in [7, 11) is -3.83. The van der Waals surface area contributed by atoms with Crippen LogP contribution in [0.4, 0.5) is 5.69 Å². The van der Waals surface area contributed by atoms with E-state index in [-0.39, 0.29) is 18.0 Å². The van der Waals surface area contributed by atoms with Crippen molar-refractivity contribution in [1.29, 1.82) is 0 Å². The molecule has 162 valence electrons. The summed E-state index contributed by atoms with van der Waals surface area (Å²) in [6.45, 7) is 6.60. The number of aryl methyl sites for hydroxylation is 1. The maximum absolute atomic E-state index is 13.0. The number of nitrogens with one attached hydrogen (secondary N) is 1. The molecule has 0 aromatic heterocycles. The van der Waals surface area contributed by atoms with E-state index in [0.717, 1.165) is 9.87 Å². The molecule has 0 aliphatic carbocycles. The largest absolute Gasteiger partial charge is 0.494 e. The maximum Gasteiger partial charge on any atom is 0.243 e. The predicted octanol–water partition coefficient (Wildman–Crippen LogP) is 2.81. The average molecular weight is 435 g/mol. The first-order valence-electron chi connectivity index (χ1n) is 9.78. The maximum atomic E-state index is 13.0. The van der Waals surface area contributed by atoms with E-state index in [1.165, 1.54) is 6.07 Å². The Morgan fingerprint density at radius 3 is 2.50 bits per heavy atom. The molecule has 8 nitrogen and oxygen atoms in total. The Balaban J connectivity index is 1.72. The Morgan fingerprint density at radius 1 is 1.10 bits per heavy atom. The second-order valence-corrected chi connectivity index (χ2v) is 8.64. The number of anilines is 1. The first kappa shape index (κ1) is 21.9. The van der Waals surface area contributed by atoms with Gasteiger partial charge in [-0.2, -0.15) is 4.31 Å². The van der Waals surface area contributed by atoms with Gasteiger partial charge in [-0.1, -0.05) is 6.92 Å². The molecule has 30 heavy (non-hydrogen) atoms. The molecule has 2 aromatic rings. The van der Waals surface area contributed by atoms with Gasteiger partial charge in [0.25, 0.3) is 0 Å². The third-order valence-electron chi connectivity index (χ3n) is 4.58. The Labute approximate surface area is 176 Å². The minimum atomic E-state index is -3.83. The van der Waals surface area contributed by atoms with Crippen molar-refractivity contribution < 1.29 is 27.4 Å². The van der Waals surface area contributed by atoms with Crippen molar-refractivity contribution >= 4 is 21.6 Å². The second-order valence-electron chi connectivity index (χ2n) is 6.70. The van der Waals surface area contributed by atoms with Crippen LogP contribution in [0.15, 0.2) is 41.3 Å². The topological polar surface area (TPSA) is 94.2 Å². The quantitative estimate of drug-likeness (QED) is 0.687. The van der Waals surface area contributed by atoms with Crippen LogP contribution in [0.25, 0.3) is 0 Å². The predicted molar refractivity (Wildman–Crippen MR) is 113 cm³/mol. The van der Waals surface area contributed by atoms with E-state index in [4.69, 9.17) is 14.2 Å². The van der Waals surface area contributed by atoms with Crippen molar-refractivity contribution in [2.75, 3.05) is 38.2 Å². The number of fused-ring (bicyclic) bond motifs is 1. The number of rotatable bonds is 8. The Bertz CT molecular complexity index is 1020. The van der Waals surface area contributed by atoms with E-state index in [0.29, 0.717) is 42.8 Å². The van der Waals surface area contributed by atoms with Gasteiger partial charge in [0.1, 0.15) is 19.0 Å². The van der Waals surface area contributed by atoms with Gasteiger partial charge in [0.2, 0.25) is 15.9 Å². The van der Waals surface area contributed by atoms with Crippen LogP contribution in [0, 0.1) is 6.92 Å². The molecule has 1 aliphatic heterocycles. The molecule has 1 heterocycles. The number of nitrogens with zero attached hydrogens (tertiary/aromatic N) is 1. The van der Waals surface area contributed by atoms with Crippen molar-refractivity contribution in [3.63, 3.8) is 0 Å². The highest BCUT2D eigenvalue weighted by atomic mass is 32.2. The second kappa shape index (κ2) is 9.36. The molecule has 0 atom stereocenters. The van der Waals surface area contributed by atoms with Gasteiger partial charge in [-0.3, -0.25) is 4.79 Å². The van der Waals surface area contributed by atoms with Crippen LogP contribution in [0.3, 0.4) is 0 Å². The summed E-state index contributed by atoms with van der Waals surface area (Å²) in [6.07, 6.45) is 0. The zero-order valence-electron chi connectivity index (χ0n) is 17.3. The van der Waals surface area contributed by atoms with Gasteiger partial charge in [-0.15, -0.1) is 0 Å². The molecule has 1 N–H and O–H groups in total. The van der Waals surface area contributed by atoms with Gasteiger partial charge in [0.15, 0.2) is 11.5 Å². The fourth-order valence-electron chi connectivity index (χ4n) is 3.10. The van der Waals surface area contributed by atoms with Gasteiger partial charge < -0.3 is 19.5 Å². The lowest BCUT2D eigenvalue weighted by atomic mass is 10.2. The molecule has 0 unspecified atom stereocenters. The molecule has 1 aliphatic rings. The van der Waals surface area contributed by atoms with Crippen molar-refractivity contribution in [2.45, 2.75) is 25.7 Å². The highest BCUT2D eigenvalue weighted by molar-refractivity contribution is 7.89. The van der Waals surface area contributed by atoms with Crippen LogP contribution in [-0.2, 0) is 14.8 Å². The number of amides is 1. The van der Waals surface area contributed by atoms with Crippen LogP contribution in [0.5, 0.6) is 17.2 Å². The van der Waals surface area contributed by atoms with Crippen LogP contribution in [-0.4, -0.2) is 51.5 Å². The average Bonchev–Trinajstić information content (AvgIpc) is 2.73. The zero-order chi connectivity index (χ0) is 21.7. The first-order chi connectivity index (χ1) is 14.3. The number of sulfonamides is 1. The number of ether oxygens (including phenoxy) is 3. The number of carbonyl (C=O) groups is 1. The fraction of sp³-hybridized carbons (Fsp3) is 0.381. The molecule has 0 saturated heterocycles. The third kappa shape index (κ3) is 4.85. The molecule has 0 spiro atoms. The van der Waals surface area contributed by atoms with Gasteiger partial charge in [-0.25, -0.2) is 8.42 Å². The molecular weight excluding hydrogens is 408 g/mol. The van der Waals surface area contributed by atoms with Gasteiger partial charge in [0.05, 0.1) is 18.0 Å². The molecule has 9 heteroatoms. The summed E-state index contributed by atoms with van der Waals surface area (Å²) < 4.78 is 43.6. The van der Waals surface area contributed by atoms with Crippen molar-refractivity contribution in [1.82, 2.24) is 4.31 Å². The summed E-state index contributed by atoms with van der Waals surface area (Å²) >= 11 is 0. The lowest BCUT2D eigenvalue weighted by molar-refractivity contribution is -0.116. The van der Waals surface area contributed by atoms with Crippen LogP contribution in [0.1, 0.15) is 19.4 Å². The van der Waals surface area contributed by atoms with Crippen molar-refractivity contribution in [3.8, 4) is 17.2 Å². The third-order valence-corrected chi connectivity index (χ3v) is 6.50. The standard InChI is InChI=1S/C21H26N2O6S/c1-4-23(30(25,26)17-7-9-18(27-5-2)15(3)12-17)14-21(24)22-16-6-8-19-20(13-16)29-11-10-28-19/h6-9,12-13H,4-5,10-11,14H2,1-3H3,(H,22,24). The summed E-state index contributed by atoms with van der Waals surface area (Å²) in [5.74, 6) is 1.35. The van der Waals surface area contributed by atoms with E-state index in [2.05, 4.69) is 5.32 Å². The van der Waals surface area contributed by atoms with E-state index < -0.39 is 15.9 Å². The summed E-state index contributed by atoms with van der Waals surface area (Å²) in [5, 5.41) is 2.72. The summed E-state index contributed by atoms with van der Waals surface area (Å²) in [6, 6.07) is 9.74. The van der Waals surface area contributed by atoms with E-state index in [1.807, 2.05) is 6.92 Å². The Hall–Kier alpha value is -2.78. The van der Waals surface area contributed by atoms with Crippen LogP contribution >= 0.6 is 0 Å². The van der Waals surface area contributed by atoms with Gasteiger partial charge in [0, 0.05) is 18.3 Å². The lowest BCUT2D eigenvalue weighted by Gasteiger charge is -2.21. The Morgan fingerprint density at radius 2 is 1.83 bits per heavy atom. The monoisotopic (exact) mass is 434 g/mol. The summed E-state index contributed by atoms with van der Waals surface area (Å²) in [4.78, 5) is 12.6. The van der Waals surface area contributed by atoms with Crippen molar-refractivity contribution in [2.24, 2.45) is 0 Å². The van der Waals surface area contributed by atoms with Crippen molar-refractivity contribution in [3.05, 3.63) is 42.0 Å². The molecule has 0 saturated carbocycles. The highest BCUT2D eigenvalue weighted by Gasteiger charge is 2.26. The van der Waals surface area contributed by atoms with E-state index in [9.17, 15) is 13.2 Å². The normalized spacial score (nSPS) is 13.2. The highest BCUT2D eigenvalue weighted by Crippen LogP contribution is 2.32. The molecule has 2 aromatic carbocycles. The van der Waals surface area contributed by atoms with Gasteiger partial charge in [-0.05, 0) is 49.7 Å². The minimum Gasteiger partial charge on any atom is -0.494 e. The fourth-order valence-corrected chi connectivity index (χ4v) is 4.59. The van der Waals surface area contributed by atoms with E-state index >= 15 is 0 Å². The molecule has 0 fully saturated rings. The summed E-state index contributed by atoms with van der Waals surface area (Å²) in [5.41, 5.74) is 1.23.